The van der Waals surface area contributed by atoms with Crippen molar-refractivity contribution < 1.29 is 64.6 Å². The minimum absolute atomic E-state index is 0.232. The van der Waals surface area contributed by atoms with Gasteiger partial charge in [0.25, 0.3) is 0 Å². The molecule has 0 spiro atoms. The Labute approximate surface area is 526 Å². The first-order chi connectivity index (χ1) is 42.1. The Hall–Kier alpha value is -1.53. The van der Waals surface area contributed by atoms with E-state index in [-0.39, 0.29) is 18.9 Å². The fourth-order valence-electron chi connectivity index (χ4n) is 12.3. The molecule has 9 N–H and O–H groups in total. The SMILES string of the molecule is CCCCCCCCCC/C=C\CCCCCCCCCCCCCCCCCCCC(=O)NC(COC1OC(CO)C(OC2OC(CO)C(O)C(O)C2O)C(O)C1O)C(O)/C=C/CCCCCCCCCCCCCCCCCCCCCCC. The topological polar surface area (TPSA) is 228 Å². The molecule has 12 unspecified atom stereocenters. The Morgan fingerprint density at radius 1 is 0.407 bits per heavy atom. The fourth-order valence-corrected chi connectivity index (χ4v) is 12.3. The maximum Gasteiger partial charge on any atom is 0.220 e. The van der Waals surface area contributed by atoms with Gasteiger partial charge in [-0.25, -0.2) is 0 Å². The number of unbranched alkanes of at least 4 members (excludes halogenated alkanes) is 46. The molecule has 0 radical (unpaired) electrons. The summed E-state index contributed by atoms with van der Waals surface area (Å²) >= 11 is 0. The van der Waals surface area contributed by atoms with E-state index in [4.69, 9.17) is 18.9 Å². The zero-order valence-corrected chi connectivity index (χ0v) is 55.3. The predicted octanol–water partition coefficient (Wildman–Crippen LogP) is 15.1. The molecular weight excluding hydrogens is 1090 g/mol. The van der Waals surface area contributed by atoms with Crippen LogP contribution in [0.25, 0.3) is 0 Å². The number of carbonyl (C=O) groups is 1. The average molecular weight is 1220 g/mol. The molecule has 0 aromatic carbocycles. The number of nitrogens with one attached hydrogen (secondary N) is 1. The van der Waals surface area contributed by atoms with Crippen molar-refractivity contribution in [2.75, 3.05) is 19.8 Å². The van der Waals surface area contributed by atoms with Gasteiger partial charge in [0.15, 0.2) is 12.6 Å². The van der Waals surface area contributed by atoms with Crippen molar-refractivity contribution >= 4 is 5.91 Å². The minimum Gasteiger partial charge on any atom is -0.394 e. The molecule has 0 saturated carbocycles. The second kappa shape index (κ2) is 57.4. The van der Waals surface area contributed by atoms with Crippen LogP contribution in [0, 0.1) is 0 Å². The molecule has 0 aromatic heterocycles. The van der Waals surface area contributed by atoms with Crippen molar-refractivity contribution in [3.05, 3.63) is 24.3 Å². The molecule has 14 nitrogen and oxygen atoms in total. The maximum absolute atomic E-state index is 13.3. The van der Waals surface area contributed by atoms with Gasteiger partial charge in [0.1, 0.15) is 48.8 Å². The predicted molar refractivity (Wildman–Crippen MR) is 351 cm³/mol. The molecule has 12 atom stereocenters. The van der Waals surface area contributed by atoms with Crippen molar-refractivity contribution in [2.24, 2.45) is 0 Å². The van der Waals surface area contributed by atoms with Crippen molar-refractivity contribution in [1.82, 2.24) is 5.32 Å². The molecule has 0 bridgehead atoms. The van der Waals surface area contributed by atoms with Crippen molar-refractivity contribution in [2.45, 2.75) is 408 Å². The van der Waals surface area contributed by atoms with E-state index < -0.39 is 86.8 Å². The Morgan fingerprint density at radius 3 is 1.10 bits per heavy atom. The standard InChI is InChI=1S/C72H137NO13/c1-3-5-7-9-11-13-15-17-19-21-23-25-27-28-29-30-31-32-34-36-38-40-42-44-46-48-50-52-54-56-64(77)73-60(59-83-71-69(82)67(80)70(63(58-75)85-71)86-72-68(81)66(79)65(78)62(57-74)84-72)61(76)55-53-51-49-47-45-43-41-39-37-35-33-26-24-22-20-18-16-14-12-10-8-6-4-2/h21,23,53,55,60-63,65-72,74-76,78-82H,3-20,22,24-52,54,56-59H2,1-2H3,(H,73,77)/b23-21-,55-53+. The van der Waals surface area contributed by atoms with E-state index in [1.165, 1.54) is 270 Å². The van der Waals surface area contributed by atoms with Gasteiger partial charge in [0.05, 0.1) is 32.0 Å². The molecule has 508 valence electrons. The summed E-state index contributed by atoms with van der Waals surface area (Å²) in [4.78, 5) is 13.3. The van der Waals surface area contributed by atoms with Crippen LogP contribution in [-0.4, -0.2) is 140 Å². The first-order valence-electron chi connectivity index (χ1n) is 36.6. The van der Waals surface area contributed by atoms with E-state index in [0.717, 1.165) is 38.5 Å². The van der Waals surface area contributed by atoms with Gasteiger partial charge in [-0.1, -0.05) is 308 Å². The zero-order valence-electron chi connectivity index (χ0n) is 55.3. The molecule has 2 saturated heterocycles. The van der Waals surface area contributed by atoms with E-state index in [0.29, 0.717) is 6.42 Å². The monoisotopic (exact) mass is 1220 g/mol. The normalized spacial score (nSPS) is 23.5. The Morgan fingerprint density at radius 2 is 0.733 bits per heavy atom. The highest BCUT2D eigenvalue weighted by Gasteiger charge is 2.51. The third-order valence-corrected chi connectivity index (χ3v) is 18.1. The van der Waals surface area contributed by atoms with Crippen molar-refractivity contribution in [1.29, 1.82) is 0 Å². The highest BCUT2D eigenvalue weighted by molar-refractivity contribution is 5.76. The van der Waals surface area contributed by atoms with Gasteiger partial charge >= 0.3 is 0 Å². The van der Waals surface area contributed by atoms with Gasteiger partial charge in [0.2, 0.25) is 5.91 Å². The lowest BCUT2D eigenvalue weighted by Gasteiger charge is -2.46. The first kappa shape index (κ1) is 80.6. The summed E-state index contributed by atoms with van der Waals surface area (Å²) in [5.74, 6) is -0.232. The third-order valence-electron chi connectivity index (χ3n) is 18.1. The molecular formula is C72H137NO13. The van der Waals surface area contributed by atoms with E-state index in [2.05, 4.69) is 31.3 Å². The van der Waals surface area contributed by atoms with Crippen LogP contribution in [0.4, 0.5) is 0 Å². The number of aliphatic hydroxyl groups is 8. The van der Waals surface area contributed by atoms with E-state index >= 15 is 0 Å². The number of ether oxygens (including phenoxy) is 4. The quantitative estimate of drug-likeness (QED) is 0.0204. The van der Waals surface area contributed by atoms with Crippen molar-refractivity contribution in [3.8, 4) is 0 Å². The van der Waals surface area contributed by atoms with Crippen LogP contribution in [0.15, 0.2) is 24.3 Å². The van der Waals surface area contributed by atoms with Gasteiger partial charge in [-0.15, -0.1) is 0 Å². The lowest BCUT2D eigenvalue weighted by Crippen LogP contribution is -2.65. The van der Waals surface area contributed by atoms with Crippen molar-refractivity contribution in [3.63, 3.8) is 0 Å². The average Bonchev–Trinajstić information content (AvgIpc) is 2.53. The van der Waals surface area contributed by atoms with Crippen LogP contribution in [0.3, 0.4) is 0 Å². The number of amides is 1. The molecule has 2 rings (SSSR count). The second-order valence-electron chi connectivity index (χ2n) is 26.1. The molecule has 1 amide bonds. The highest BCUT2D eigenvalue weighted by atomic mass is 16.7. The summed E-state index contributed by atoms with van der Waals surface area (Å²) in [5.41, 5.74) is 0. The second-order valence-corrected chi connectivity index (χ2v) is 26.1. The van der Waals surface area contributed by atoms with Crippen LogP contribution < -0.4 is 5.32 Å². The number of hydrogen-bond acceptors (Lipinski definition) is 13. The number of aliphatic hydroxyl groups excluding tert-OH is 8. The molecule has 2 aliphatic heterocycles. The fraction of sp³-hybridized carbons (Fsp3) is 0.931. The molecule has 86 heavy (non-hydrogen) atoms. The van der Waals surface area contributed by atoms with Crippen LogP contribution in [0.2, 0.25) is 0 Å². The zero-order chi connectivity index (χ0) is 62.3. The van der Waals surface area contributed by atoms with E-state index in [1.807, 2.05) is 6.08 Å². The lowest BCUT2D eigenvalue weighted by atomic mass is 9.97. The maximum atomic E-state index is 13.3. The number of carbonyl (C=O) groups excluding carboxylic acids is 1. The smallest absolute Gasteiger partial charge is 0.220 e. The van der Waals surface area contributed by atoms with E-state index in [9.17, 15) is 45.6 Å². The van der Waals surface area contributed by atoms with Crippen LogP contribution in [0.5, 0.6) is 0 Å². The third kappa shape index (κ3) is 41.1. The molecule has 2 fully saturated rings. The molecule has 0 aliphatic carbocycles. The van der Waals surface area contributed by atoms with Crippen LogP contribution in [0.1, 0.15) is 335 Å². The Kier molecular flexibility index (Phi) is 53.7. The summed E-state index contributed by atoms with van der Waals surface area (Å²) in [5, 5.41) is 87.5. The number of rotatable bonds is 61. The van der Waals surface area contributed by atoms with Crippen LogP contribution in [-0.2, 0) is 23.7 Å². The number of allylic oxidation sites excluding steroid dienone is 3. The summed E-state index contributed by atoms with van der Waals surface area (Å²) in [6, 6.07) is -0.913. The minimum atomic E-state index is -1.79. The summed E-state index contributed by atoms with van der Waals surface area (Å²) < 4.78 is 22.9. The first-order valence-corrected chi connectivity index (χ1v) is 36.6. The molecule has 2 aliphatic rings. The lowest BCUT2D eigenvalue weighted by molar-refractivity contribution is -0.359. The summed E-state index contributed by atoms with van der Waals surface area (Å²) in [7, 11) is 0. The van der Waals surface area contributed by atoms with Crippen LogP contribution >= 0.6 is 0 Å². The van der Waals surface area contributed by atoms with Gasteiger partial charge in [-0.2, -0.15) is 0 Å². The molecule has 14 heteroatoms. The molecule has 0 aromatic rings. The van der Waals surface area contributed by atoms with E-state index in [1.54, 1.807) is 6.08 Å². The summed E-state index contributed by atoms with van der Waals surface area (Å²) in [6.45, 7) is 2.86. The van der Waals surface area contributed by atoms with Gasteiger partial charge in [-0.05, 0) is 44.9 Å². The van der Waals surface area contributed by atoms with Gasteiger partial charge in [-0.3, -0.25) is 4.79 Å². The molecule has 2 heterocycles. The largest absolute Gasteiger partial charge is 0.394 e. The summed E-state index contributed by atoms with van der Waals surface area (Å²) in [6.07, 6.45) is 55.2. The Balaban J connectivity index is 1.66. The number of hydrogen-bond donors (Lipinski definition) is 9. The van der Waals surface area contributed by atoms with Gasteiger partial charge < -0.3 is 65.1 Å². The van der Waals surface area contributed by atoms with Gasteiger partial charge in [0, 0.05) is 6.42 Å². The Bertz CT molecular complexity index is 1540. The highest BCUT2D eigenvalue weighted by Crippen LogP contribution is 2.30.